The molecule has 0 aliphatic heterocycles. The quantitative estimate of drug-likeness (QED) is 0.273. The van der Waals surface area contributed by atoms with Crippen molar-refractivity contribution in [2.75, 3.05) is 39.6 Å². The first kappa shape index (κ1) is 23.4. The fourth-order valence-electron chi connectivity index (χ4n) is 1.93. The van der Waals surface area contributed by atoms with Gasteiger partial charge in [0.2, 0.25) is 0 Å². The molecule has 0 saturated carbocycles. The van der Waals surface area contributed by atoms with Gasteiger partial charge in [-0.2, -0.15) is 0 Å². The van der Waals surface area contributed by atoms with Gasteiger partial charge in [0.15, 0.2) is 0 Å². The maximum atomic E-state index is 5.95. The molecule has 0 bridgehead atoms. The lowest BCUT2D eigenvalue weighted by molar-refractivity contribution is 0.0591. The zero-order valence-electron chi connectivity index (χ0n) is 15.3. The Kier molecular flexibility index (Phi) is 16.3. The highest BCUT2D eigenvalue weighted by Gasteiger charge is 2.23. The van der Waals surface area contributed by atoms with Gasteiger partial charge in [-0.15, -0.1) is 0 Å². The fourth-order valence-corrected chi connectivity index (χ4v) is 4.16. The van der Waals surface area contributed by atoms with E-state index in [4.69, 9.17) is 34.9 Å². The molecule has 140 valence electrons. The van der Waals surface area contributed by atoms with Crippen molar-refractivity contribution < 1.29 is 23.0 Å². The molecule has 0 aliphatic rings. The highest BCUT2D eigenvalue weighted by atomic mass is 32.5. The number of unbranched alkanes of at least 4 members (excludes halogenated alkanes) is 3. The summed E-state index contributed by atoms with van der Waals surface area (Å²) in [7, 11) is 0. The van der Waals surface area contributed by atoms with Crippen molar-refractivity contribution in [3.63, 3.8) is 0 Å². The minimum absolute atomic E-state index is 0.0388. The van der Waals surface area contributed by atoms with Gasteiger partial charge in [0, 0.05) is 13.2 Å². The van der Waals surface area contributed by atoms with Gasteiger partial charge in [0.05, 0.1) is 32.5 Å². The molecule has 0 saturated heterocycles. The molecular weight excluding hydrogens is 335 g/mol. The second kappa shape index (κ2) is 15.9. The van der Waals surface area contributed by atoms with Gasteiger partial charge in [0.1, 0.15) is 0 Å². The zero-order chi connectivity index (χ0) is 17.4. The Bertz CT molecular complexity index is 288. The van der Waals surface area contributed by atoms with Crippen molar-refractivity contribution in [2.45, 2.75) is 65.9 Å². The van der Waals surface area contributed by atoms with Crippen LogP contribution in [-0.2, 0) is 34.9 Å². The lowest BCUT2D eigenvalue weighted by Gasteiger charge is -2.25. The summed E-state index contributed by atoms with van der Waals surface area (Å²) < 4.78 is 27.9. The molecule has 0 aromatic carbocycles. The molecule has 0 rings (SSSR count). The minimum atomic E-state index is -2.74. The van der Waals surface area contributed by atoms with Crippen LogP contribution in [0.2, 0.25) is 0 Å². The monoisotopic (exact) mass is 370 g/mol. The topological polar surface area (TPSA) is 46.2 Å². The summed E-state index contributed by atoms with van der Waals surface area (Å²) >= 11 is 5.51. The molecule has 0 radical (unpaired) electrons. The van der Waals surface area contributed by atoms with Crippen LogP contribution in [0.4, 0.5) is 0 Å². The number of ether oxygens (including phenoxy) is 2. The van der Waals surface area contributed by atoms with Crippen LogP contribution < -0.4 is 0 Å². The van der Waals surface area contributed by atoms with E-state index in [1.54, 1.807) is 0 Å². The molecule has 0 heterocycles. The molecule has 0 N–H and O–H groups in total. The molecule has 1 unspecified atom stereocenters. The molecule has 7 heteroatoms. The highest BCUT2D eigenvalue weighted by Crippen LogP contribution is 2.51. The molecule has 0 aliphatic carbocycles. The summed E-state index contributed by atoms with van der Waals surface area (Å²) in [4.78, 5) is 0. The first-order chi connectivity index (χ1) is 11.1. The third kappa shape index (κ3) is 14.5. The number of rotatable bonds is 17. The second-order valence-electron chi connectivity index (χ2n) is 5.27. The molecule has 5 nitrogen and oxygen atoms in total. The number of hydrogen-bond acceptors (Lipinski definition) is 6. The lowest BCUT2D eigenvalue weighted by atomic mass is 10.1. The Morgan fingerprint density at radius 2 is 1.39 bits per heavy atom. The summed E-state index contributed by atoms with van der Waals surface area (Å²) in [5.41, 5.74) is 0. The predicted octanol–water partition coefficient (Wildman–Crippen LogP) is 4.69. The summed E-state index contributed by atoms with van der Waals surface area (Å²) in [6, 6.07) is 0. The maximum Gasteiger partial charge on any atom is 0.327 e. The summed E-state index contributed by atoms with van der Waals surface area (Å²) in [5.74, 6) is 0. The minimum Gasteiger partial charge on any atom is -0.379 e. The first-order valence-corrected chi connectivity index (χ1v) is 11.4. The van der Waals surface area contributed by atoms with E-state index < -0.39 is 6.72 Å². The van der Waals surface area contributed by atoms with Gasteiger partial charge in [0.25, 0.3) is 0 Å². The van der Waals surface area contributed by atoms with E-state index >= 15 is 0 Å². The van der Waals surface area contributed by atoms with Crippen molar-refractivity contribution in [1.82, 2.24) is 0 Å². The van der Waals surface area contributed by atoms with Crippen molar-refractivity contribution in [3.8, 4) is 0 Å². The molecule has 0 fully saturated rings. The first-order valence-electron chi connectivity index (χ1n) is 8.80. The van der Waals surface area contributed by atoms with Crippen LogP contribution in [0.25, 0.3) is 0 Å². The van der Waals surface area contributed by atoms with Crippen LogP contribution in [-0.4, -0.2) is 45.7 Å². The fraction of sp³-hybridized carbons (Fsp3) is 1.00. The Hall–Kier alpha value is 0.450. The van der Waals surface area contributed by atoms with Gasteiger partial charge < -0.3 is 23.0 Å². The van der Waals surface area contributed by atoms with Crippen molar-refractivity contribution in [1.29, 1.82) is 0 Å². The van der Waals surface area contributed by atoms with Crippen LogP contribution in [0.5, 0.6) is 0 Å². The molecule has 0 amide bonds. The average molecular weight is 370 g/mol. The molecule has 23 heavy (non-hydrogen) atoms. The Morgan fingerprint density at radius 3 is 1.87 bits per heavy atom. The molecule has 0 aromatic heterocycles. The highest BCUT2D eigenvalue weighted by molar-refractivity contribution is 8.07. The van der Waals surface area contributed by atoms with Crippen LogP contribution >= 0.6 is 6.72 Å². The van der Waals surface area contributed by atoms with Gasteiger partial charge in [-0.25, -0.2) is 0 Å². The lowest BCUT2D eigenvalue weighted by Crippen LogP contribution is -2.13. The van der Waals surface area contributed by atoms with Crippen LogP contribution in [0.1, 0.15) is 59.8 Å². The molecule has 1 atom stereocenters. The summed E-state index contributed by atoms with van der Waals surface area (Å²) in [5, 5.41) is 0. The van der Waals surface area contributed by atoms with E-state index in [9.17, 15) is 0 Å². The van der Waals surface area contributed by atoms with Gasteiger partial charge in [-0.1, -0.05) is 32.6 Å². The average Bonchev–Trinajstić information content (AvgIpc) is 2.53. The largest absolute Gasteiger partial charge is 0.379 e. The van der Waals surface area contributed by atoms with E-state index in [1.165, 1.54) is 19.3 Å². The van der Waals surface area contributed by atoms with Crippen molar-refractivity contribution >= 4 is 18.5 Å². The van der Waals surface area contributed by atoms with Crippen LogP contribution in [0, 0.1) is 0 Å². The normalized spacial score (nSPS) is 13.4. The van der Waals surface area contributed by atoms with E-state index in [1.807, 2.05) is 20.8 Å². The van der Waals surface area contributed by atoms with Gasteiger partial charge in [-0.05, 0) is 39.0 Å². The SMILES string of the molecule is CCCCCCC(C)OP(=S)(OCCOCC)OCCOCC. The standard InChI is InChI=1S/C16H35O5PS/c1-5-8-9-10-11-16(4)21-22(23,19-14-12-17-6-2)20-15-13-18-7-3/h16H,5-15H2,1-4H3. The second-order valence-corrected chi connectivity index (χ2v) is 8.24. The van der Waals surface area contributed by atoms with Gasteiger partial charge in [-0.3, -0.25) is 0 Å². The molecular formula is C16H35O5PS. The predicted molar refractivity (Wildman–Crippen MR) is 98.5 cm³/mol. The van der Waals surface area contributed by atoms with Gasteiger partial charge >= 0.3 is 6.72 Å². The zero-order valence-corrected chi connectivity index (χ0v) is 17.0. The molecule has 0 spiro atoms. The Labute approximate surface area is 147 Å². The van der Waals surface area contributed by atoms with Crippen molar-refractivity contribution in [3.05, 3.63) is 0 Å². The summed E-state index contributed by atoms with van der Waals surface area (Å²) in [6.07, 6.45) is 5.87. The smallest absolute Gasteiger partial charge is 0.327 e. The van der Waals surface area contributed by atoms with E-state index in [2.05, 4.69) is 6.92 Å². The number of hydrogen-bond donors (Lipinski definition) is 0. The third-order valence-electron chi connectivity index (χ3n) is 3.14. The van der Waals surface area contributed by atoms with Crippen molar-refractivity contribution in [2.24, 2.45) is 0 Å². The Balaban J connectivity index is 4.24. The summed E-state index contributed by atoms with van der Waals surface area (Å²) in [6.45, 7) is 8.49. The maximum absolute atomic E-state index is 5.95. The van der Waals surface area contributed by atoms with E-state index in [0.717, 1.165) is 12.8 Å². The van der Waals surface area contributed by atoms with Crippen LogP contribution in [0.15, 0.2) is 0 Å². The van der Waals surface area contributed by atoms with Crippen LogP contribution in [0.3, 0.4) is 0 Å². The third-order valence-corrected chi connectivity index (χ3v) is 5.64. The Morgan fingerprint density at radius 1 is 0.826 bits per heavy atom. The van der Waals surface area contributed by atoms with E-state index in [-0.39, 0.29) is 6.10 Å². The molecule has 0 aromatic rings. The van der Waals surface area contributed by atoms with E-state index in [0.29, 0.717) is 39.6 Å².